The first-order valence-corrected chi connectivity index (χ1v) is 10.5. The van der Waals surface area contributed by atoms with Gasteiger partial charge >= 0.3 is 6.03 Å². The molecule has 3 amide bonds. The van der Waals surface area contributed by atoms with Gasteiger partial charge in [0.1, 0.15) is 0 Å². The van der Waals surface area contributed by atoms with Gasteiger partial charge in [-0.1, -0.05) is 6.07 Å². The summed E-state index contributed by atoms with van der Waals surface area (Å²) < 4.78 is 0. The van der Waals surface area contributed by atoms with Crippen LogP contribution in [0.5, 0.6) is 0 Å². The molecule has 3 heterocycles. The highest BCUT2D eigenvalue weighted by molar-refractivity contribution is 5.86. The second kappa shape index (κ2) is 8.45. The maximum atomic E-state index is 12.7. The number of likely N-dealkylation sites (tertiary alicyclic amines) is 1. The van der Waals surface area contributed by atoms with E-state index in [1.165, 1.54) is 22.0 Å². The lowest BCUT2D eigenvalue weighted by Gasteiger charge is -2.42. The van der Waals surface area contributed by atoms with Crippen LogP contribution in [0.25, 0.3) is 10.9 Å². The summed E-state index contributed by atoms with van der Waals surface area (Å²) in [6.45, 7) is 6.83. The zero-order valence-corrected chi connectivity index (χ0v) is 17.1. The number of aromatic nitrogens is 1. The third-order valence-corrected chi connectivity index (χ3v) is 6.35. The van der Waals surface area contributed by atoms with E-state index < -0.39 is 0 Å². The summed E-state index contributed by atoms with van der Waals surface area (Å²) >= 11 is 0. The van der Waals surface area contributed by atoms with E-state index in [0.29, 0.717) is 25.6 Å². The second-order valence-electron chi connectivity index (χ2n) is 8.18. The molecule has 155 valence electrons. The van der Waals surface area contributed by atoms with Gasteiger partial charge in [0.25, 0.3) is 0 Å². The van der Waals surface area contributed by atoms with Crippen molar-refractivity contribution < 1.29 is 9.59 Å². The van der Waals surface area contributed by atoms with Gasteiger partial charge in [0, 0.05) is 57.0 Å². The van der Waals surface area contributed by atoms with Gasteiger partial charge in [-0.05, 0) is 54.8 Å². The summed E-state index contributed by atoms with van der Waals surface area (Å²) in [4.78, 5) is 33.3. The SMILES string of the molecule is Cc1cc(C[CH]C(=O)N2CCC(N3CCN(C(N)=O)CC3)CC2)cc2cc[nH]c12. The van der Waals surface area contributed by atoms with Gasteiger partial charge in [-0.25, -0.2) is 4.79 Å². The number of piperazine rings is 1. The van der Waals surface area contributed by atoms with E-state index >= 15 is 0 Å². The minimum absolute atomic E-state index is 0.133. The number of nitrogens with zero attached hydrogens (tertiary/aromatic N) is 3. The molecule has 0 bridgehead atoms. The molecule has 1 radical (unpaired) electrons. The van der Waals surface area contributed by atoms with Crippen LogP contribution in [0.1, 0.15) is 24.0 Å². The number of aryl methyl sites for hydroxylation is 1. The Morgan fingerprint density at radius 1 is 1.10 bits per heavy atom. The molecule has 0 saturated carbocycles. The molecule has 1 aromatic carbocycles. The number of carbonyl (C=O) groups is 2. The first kappa shape index (κ1) is 19.8. The highest BCUT2D eigenvalue weighted by atomic mass is 16.2. The van der Waals surface area contributed by atoms with Gasteiger partial charge < -0.3 is 20.5 Å². The van der Waals surface area contributed by atoms with Crippen LogP contribution in [0.15, 0.2) is 24.4 Å². The molecule has 2 aromatic rings. The van der Waals surface area contributed by atoms with Gasteiger partial charge in [0.15, 0.2) is 0 Å². The molecule has 4 rings (SSSR count). The monoisotopic (exact) mass is 396 g/mol. The van der Waals surface area contributed by atoms with Crippen LogP contribution in [0.4, 0.5) is 4.79 Å². The van der Waals surface area contributed by atoms with Gasteiger partial charge in [-0.3, -0.25) is 9.69 Å². The van der Waals surface area contributed by atoms with Crippen LogP contribution < -0.4 is 5.73 Å². The van der Waals surface area contributed by atoms with Crippen LogP contribution in [-0.2, 0) is 11.2 Å². The van der Waals surface area contributed by atoms with Crippen molar-refractivity contribution in [2.75, 3.05) is 39.3 Å². The van der Waals surface area contributed by atoms with E-state index in [9.17, 15) is 9.59 Å². The molecule has 0 aliphatic carbocycles. The number of H-pyrrole nitrogens is 1. The van der Waals surface area contributed by atoms with Gasteiger partial charge in [-0.15, -0.1) is 0 Å². The number of hydrogen-bond acceptors (Lipinski definition) is 3. The molecular weight excluding hydrogens is 366 g/mol. The third-order valence-electron chi connectivity index (χ3n) is 6.35. The standard InChI is InChI=1S/C22H30N5O2/c1-16-14-17(15-18-4-7-24-21(16)18)2-3-20(28)26-8-5-19(6-9-26)25-10-12-27(13-11-25)22(23)29/h3-4,7,14-15,19,24H,2,5-6,8-13H2,1H3,(H2,23,29). The fraction of sp³-hybridized carbons (Fsp3) is 0.500. The Kier molecular flexibility index (Phi) is 5.76. The number of hydrogen-bond donors (Lipinski definition) is 2. The van der Waals surface area contributed by atoms with E-state index in [4.69, 9.17) is 5.73 Å². The average molecular weight is 397 g/mol. The van der Waals surface area contributed by atoms with Crippen molar-refractivity contribution >= 4 is 22.8 Å². The van der Waals surface area contributed by atoms with Gasteiger partial charge in [-0.2, -0.15) is 0 Å². The molecule has 7 nitrogen and oxygen atoms in total. The maximum absolute atomic E-state index is 12.7. The lowest BCUT2D eigenvalue weighted by Crippen LogP contribution is -2.55. The number of nitrogens with one attached hydrogen (secondary N) is 1. The van der Waals surface area contributed by atoms with Crippen molar-refractivity contribution in [2.45, 2.75) is 32.2 Å². The predicted molar refractivity (Wildman–Crippen MR) is 113 cm³/mol. The molecule has 0 unspecified atom stereocenters. The summed E-state index contributed by atoms with van der Waals surface area (Å²) in [5.74, 6) is 0.133. The van der Waals surface area contributed by atoms with Crippen LogP contribution in [-0.4, -0.2) is 76.9 Å². The number of benzene rings is 1. The molecule has 0 atom stereocenters. The first-order valence-electron chi connectivity index (χ1n) is 10.5. The minimum atomic E-state index is -0.327. The summed E-state index contributed by atoms with van der Waals surface area (Å²) in [5.41, 5.74) is 8.91. The third kappa shape index (κ3) is 4.40. The molecule has 29 heavy (non-hydrogen) atoms. The topological polar surface area (TPSA) is 85.7 Å². The van der Waals surface area contributed by atoms with E-state index in [0.717, 1.165) is 39.0 Å². The minimum Gasteiger partial charge on any atom is -0.361 e. The Labute approximate surface area is 171 Å². The number of rotatable bonds is 4. The fourth-order valence-corrected chi connectivity index (χ4v) is 4.65. The molecule has 1 aromatic heterocycles. The largest absolute Gasteiger partial charge is 0.361 e. The molecule has 2 aliphatic heterocycles. The number of piperidine rings is 1. The second-order valence-corrected chi connectivity index (χ2v) is 8.18. The van der Waals surface area contributed by atoms with Crippen LogP contribution >= 0.6 is 0 Å². The molecule has 2 saturated heterocycles. The van der Waals surface area contributed by atoms with Crippen molar-refractivity contribution in [3.8, 4) is 0 Å². The Morgan fingerprint density at radius 3 is 2.52 bits per heavy atom. The zero-order valence-electron chi connectivity index (χ0n) is 17.1. The summed E-state index contributed by atoms with van der Waals surface area (Å²) in [7, 11) is 0. The molecular formula is C22H30N5O2. The van der Waals surface area contributed by atoms with Gasteiger partial charge in [0.2, 0.25) is 5.91 Å². The average Bonchev–Trinajstić information content (AvgIpc) is 3.21. The zero-order chi connectivity index (χ0) is 20.4. The van der Waals surface area contributed by atoms with E-state index in [-0.39, 0.29) is 11.9 Å². The molecule has 0 spiro atoms. The van der Waals surface area contributed by atoms with Crippen molar-refractivity contribution in [1.82, 2.24) is 19.7 Å². The van der Waals surface area contributed by atoms with Crippen molar-refractivity contribution in [1.29, 1.82) is 0 Å². The molecule has 2 aliphatic rings. The lowest BCUT2D eigenvalue weighted by molar-refractivity contribution is -0.129. The Hall–Kier alpha value is -2.54. The van der Waals surface area contributed by atoms with Gasteiger partial charge in [0.05, 0.1) is 6.42 Å². The number of urea groups is 1. The van der Waals surface area contributed by atoms with Crippen LogP contribution in [0.2, 0.25) is 0 Å². The maximum Gasteiger partial charge on any atom is 0.314 e. The normalized spacial score (nSPS) is 19.1. The number of amides is 3. The molecule has 7 heteroatoms. The number of primary amides is 1. The first-order chi connectivity index (χ1) is 14.0. The summed E-state index contributed by atoms with van der Waals surface area (Å²) in [6.07, 6.45) is 6.42. The number of fused-ring (bicyclic) bond motifs is 1. The number of carbonyl (C=O) groups excluding carboxylic acids is 2. The van der Waals surface area contributed by atoms with Crippen molar-refractivity contribution in [3.05, 3.63) is 41.9 Å². The Bertz CT molecular complexity index is 876. The Balaban J connectivity index is 1.24. The quantitative estimate of drug-likeness (QED) is 0.828. The Morgan fingerprint density at radius 2 is 1.83 bits per heavy atom. The van der Waals surface area contributed by atoms with E-state index in [2.05, 4.69) is 35.0 Å². The number of aromatic amines is 1. The summed E-state index contributed by atoms with van der Waals surface area (Å²) in [5, 5.41) is 1.19. The molecule has 3 N–H and O–H groups in total. The van der Waals surface area contributed by atoms with Crippen LogP contribution in [0.3, 0.4) is 0 Å². The smallest absolute Gasteiger partial charge is 0.314 e. The van der Waals surface area contributed by atoms with E-state index in [1.54, 1.807) is 4.90 Å². The highest BCUT2D eigenvalue weighted by Crippen LogP contribution is 2.22. The lowest BCUT2D eigenvalue weighted by atomic mass is 10.0. The number of nitrogens with two attached hydrogens (primary N) is 1. The summed E-state index contributed by atoms with van der Waals surface area (Å²) in [6, 6.07) is 6.54. The van der Waals surface area contributed by atoms with E-state index in [1.807, 2.05) is 17.5 Å². The predicted octanol–water partition coefficient (Wildman–Crippen LogP) is 1.91. The van der Waals surface area contributed by atoms with Crippen LogP contribution in [0, 0.1) is 13.3 Å². The fourth-order valence-electron chi connectivity index (χ4n) is 4.65. The molecule has 2 fully saturated rings. The van der Waals surface area contributed by atoms with Crippen molar-refractivity contribution in [2.24, 2.45) is 5.73 Å². The highest BCUT2D eigenvalue weighted by Gasteiger charge is 2.29. The van der Waals surface area contributed by atoms with Crippen molar-refractivity contribution in [3.63, 3.8) is 0 Å².